The van der Waals surface area contributed by atoms with Crippen LogP contribution >= 0.6 is 22.6 Å². The first-order valence-corrected chi connectivity index (χ1v) is 3.89. The van der Waals surface area contributed by atoms with Crippen LogP contribution in [0.3, 0.4) is 0 Å². The van der Waals surface area contributed by atoms with Crippen LogP contribution in [-0.2, 0) is 0 Å². The van der Waals surface area contributed by atoms with E-state index in [0.717, 1.165) is 4.05 Å². The summed E-state index contributed by atoms with van der Waals surface area (Å²) in [4.78, 5) is 2.39. The summed E-state index contributed by atoms with van der Waals surface area (Å²) in [6.07, 6.45) is 2.78. The van der Waals surface area contributed by atoms with Crippen LogP contribution in [0.15, 0.2) is 0 Å². The molecule has 1 nitrogen and oxygen atoms in total. The predicted molar refractivity (Wildman–Crippen MR) is 39.7 cm³/mol. The largest absolute Gasteiger partial charge is 0.295 e. The molecule has 1 unspecified atom stereocenters. The summed E-state index contributed by atoms with van der Waals surface area (Å²) in [6.45, 7) is 1.30. The van der Waals surface area contributed by atoms with E-state index in [0.29, 0.717) is 0 Å². The van der Waals surface area contributed by atoms with Crippen molar-refractivity contribution in [3.05, 3.63) is 0 Å². The molecule has 0 aromatic carbocycles. The molecule has 0 N–H and O–H groups in total. The lowest BCUT2D eigenvalue weighted by molar-refractivity contribution is 0.403. The number of hydrogen-bond donors (Lipinski definition) is 0. The van der Waals surface area contributed by atoms with Crippen LogP contribution in [0.5, 0.6) is 0 Å². The van der Waals surface area contributed by atoms with E-state index in [1.807, 2.05) is 0 Å². The van der Waals surface area contributed by atoms with Gasteiger partial charge in [0.2, 0.25) is 0 Å². The Morgan fingerprint density at radius 2 is 2.43 bits per heavy atom. The predicted octanol–water partition coefficient (Wildman–Crippen LogP) is 1.47. The van der Waals surface area contributed by atoms with Gasteiger partial charge in [0.25, 0.3) is 0 Å². The zero-order chi connectivity index (χ0) is 5.28. The fourth-order valence-electron chi connectivity index (χ4n) is 0.870. The Bertz CT molecular complexity index is 57.1. The Labute approximate surface area is 58.2 Å². The van der Waals surface area contributed by atoms with Crippen molar-refractivity contribution in [1.29, 1.82) is 0 Å². The molecule has 0 amide bonds. The van der Waals surface area contributed by atoms with Gasteiger partial charge in [-0.15, -0.1) is 0 Å². The van der Waals surface area contributed by atoms with Crippen molar-refractivity contribution >= 4 is 22.6 Å². The van der Waals surface area contributed by atoms with E-state index >= 15 is 0 Å². The van der Waals surface area contributed by atoms with Crippen molar-refractivity contribution in [2.24, 2.45) is 0 Å². The minimum atomic E-state index is 0.817. The molecule has 0 aromatic rings. The second-order valence-corrected chi connectivity index (χ2v) is 3.50. The van der Waals surface area contributed by atoms with E-state index in [9.17, 15) is 0 Å². The van der Waals surface area contributed by atoms with Crippen molar-refractivity contribution in [3.63, 3.8) is 0 Å². The molecule has 0 aromatic heterocycles. The molecule has 1 fully saturated rings. The van der Waals surface area contributed by atoms with Gasteiger partial charge in [-0.3, -0.25) is 4.90 Å². The van der Waals surface area contributed by atoms with Gasteiger partial charge in [0.05, 0.1) is 4.05 Å². The van der Waals surface area contributed by atoms with Gasteiger partial charge in [-0.1, -0.05) is 22.6 Å². The lowest BCUT2D eigenvalue weighted by Crippen LogP contribution is -2.17. The quantitative estimate of drug-likeness (QED) is 0.333. The van der Waals surface area contributed by atoms with Crippen molar-refractivity contribution < 1.29 is 0 Å². The summed E-state index contributed by atoms with van der Waals surface area (Å²) in [7, 11) is 2.18. The standard InChI is InChI=1S/C5H10IN/c1-7-4-2-3-5(7)6/h5H,2-4H2,1H3. The second kappa shape index (κ2) is 2.31. The summed E-state index contributed by atoms with van der Waals surface area (Å²) in [5, 5.41) is 0. The number of rotatable bonds is 0. The molecule has 1 atom stereocenters. The zero-order valence-electron chi connectivity index (χ0n) is 4.52. The number of likely N-dealkylation sites (tertiary alicyclic amines) is 1. The molecule has 0 saturated carbocycles. The number of hydrogen-bond acceptors (Lipinski definition) is 1. The summed E-state index contributed by atoms with van der Waals surface area (Å²) < 4.78 is 0.817. The summed E-state index contributed by atoms with van der Waals surface area (Å²) in [6, 6.07) is 0. The first kappa shape index (κ1) is 5.82. The average molecular weight is 211 g/mol. The normalized spacial score (nSPS) is 34.3. The van der Waals surface area contributed by atoms with E-state index in [4.69, 9.17) is 0 Å². The van der Waals surface area contributed by atoms with E-state index in [1.165, 1.54) is 19.4 Å². The molecule has 0 bridgehead atoms. The molecule has 7 heavy (non-hydrogen) atoms. The highest BCUT2D eigenvalue weighted by atomic mass is 127. The minimum absolute atomic E-state index is 0.817. The highest BCUT2D eigenvalue weighted by molar-refractivity contribution is 14.1. The average Bonchev–Trinajstić information content (AvgIpc) is 1.91. The first-order valence-electron chi connectivity index (χ1n) is 2.65. The van der Waals surface area contributed by atoms with Gasteiger partial charge in [-0.05, 0) is 26.4 Å². The van der Waals surface area contributed by atoms with Crippen LogP contribution in [0.1, 0.15) is 12.8 Å². The molecule has 2 heteroatoms. The SMILES string of the molecule is CN1CCCC1I. The Balaban J connectivity index is 2.33. The summed E-state index contributed by atoms with van der Waals surface area (Å²) in [5.74, 6) is 0. The van der Waals surface area contributed by atoms with E-state index in [-0.39, 0.29) is 0 Å². The van der Waals surface area contributed by atoms with Crippen LogP contribution in [0, 0.1) is 0 Å². The molecule has 0 spiro atoms. The van der Waals surface area contributed by atoms with Crippen LogP contribution in [0.25, 0.3) is 0 Å². The lowest BCUT2D eigenvalue weighted by Gasteiger charge is -2.10. The van der Waals surface area contributed by atoms with E-state index < -0.39 is 0 Å². The van der Waals surface area contributed by atoms with E-state index in [2.05, 4.69) is 34.5 Å². The van der Waals surface area contributed by atoms with E-state index in [1.54, 1.807) is 0 Å². The molecule has 1 aliphatic rings. The van der Waals surface area contributed by atoms with Crippen molar-refractivity contribution in [2.75, 3.05) is 13.6 Å². The van der Waals surface area contributed by atoms with Crippen LogP contribution in [0.2, 0.25) is 0 Å². The van der Waals surface area contributed by atoms with Gasteiger partial charge in [0, 0.05) is 0 Å². The van der Waals surface area contributed by atoms with Gasteiger partial charge >= 0.3 is 0 Å². The Morgan fingerprint density at radius 3 is 2.57 bits per heavy atom. The number of alkyl halides is 1. The Hall–Kier alpha value is 0.690. The molecule has 1 saturated heterocycles. The fourth-order valence-corrected chi connectivity index (χ4v) is 1.59. The van der Waals surface area contributed by atoms with Crippen LogP contribution in [0.4, 0.5) is 0 Å². The molecule has 1 rings (SSSR count). The number of halogens is 1. The van der Waals surface area contributed by atoms with Gasteiger partial charge in [-0.25, -0.2) is 0 Å². The number of nitrogens with zero attached hydrogens (tertiary/aromatic N) is 1. The molecular formula is C5H10IN. The van der Waals surface area contributed by atoms with Gasteiger partial charge in [0.1, 0.15) is 0 Å². The maximum absolute atomic E-state index is 2.48. The van der Waals surface area contributed by atoms with Gasteiger partial charge in [-0.2, -0.15) is 0 Å². The highest BCUT2D eigenvalue weighted by Crippen LogP contribution is 2.19. The molecule has 0 radical (unpaired) electrons. The Kier molecular flexibility index (Phi) is 1.92. The maximum Gasteiger partial charge on any atom is 0.0616 e. The maximum atomic E-state index is 2.48. The molecule has 0 aliphatic carbocycles. The minimum Gasteiger partial charge on any atom is -0.295 e. The fraction of sp³-hybridized carbons (Fsp3) is 1.00. The van der Waals surface area contributed by atoms with Gasteiger partial charge < -0.3 is 0 Å². The van der Waals surface area contributed by atoms with Gasteiger partial charge in [0.15, 0.2) is 0 Å². The smallest absolute Gasteiger partial charge is 0.0616 e. The molecule has 1 heterocycles. The second-order valence-electron chi connectivity index (χ2n) is 2.06. The monoisotopic (exact) mass is 211 g/mol. The Morgan fingerprint density at radius 1 is 1.71 bits per heavy atom. The first-order chi connectivity index (χ1) is 3.30. The summed E-state index contributed by atoms with van der Waals surface area (Å²) >= 11 is 2.48. The molecular weight excluding hydrogens is 201 g/mol. The zero-order valence-corrected chi connectivity index (χ0v) is 6.68. The topological polar surface area (TPSA) is 3.24 Å². The van der Waals surface area contributed by atoms with Crippen molar-refractivity contribution in [1.82, 2.24) is 4.90 Å². The van der Waals surface area contributed by atoms with Crippen LogP contribution < -0.4 is 0 Å². The lowest BCUT2D eigenvalue weighted by atomic mass is 10.4. The molecule has 1 aliphatic heterocycles. The molecule has 42 valence electrons. The summed E-state index contributed by atoms with van der Waals surface area (Å²) in [5.41, 5.74) is 0. The van der Waals surface area contributed by atoms with Crippen molar-refractivity contribution in [3.8, 4) is 0 Å². The third-order valence-electron chi connectivity index (χ3n) is 1.43. The third kappa shape index (κ3) is 1.29. The highest BCUT2D eigenvalue weighted by Gasteiger charge is 2.15. The van der Waals surface area contributed by atoms with Crippen molar-refractivity contribution in [2.45, 2.75) is 16.9 Å². The third-order valence-corrected chi connectivity index (χ3v) is 3.01. The van der Waals surface area contributed by atoms with Crippen LogP contribution in [-0.4, -0.2) is 22.5 Å².